The number of halogens is 2. The molecular formula is C21H24Cl2N2O4. The molecule has 0 aromatic heterocycles. The number of amides is 2. The van der Waals surface area contributed by atoms with E-state index in [4.69, 9.17) is 27.9 Å². The average molecular weight is 439 g/mol. The van der Waals surface area contributed by atoms with Gasteiger partial charge < -0.3 is 15.0 Å². The lowest BCUT2D eigenvalue weighted by molar-refractivity contribution is -0.136. The van der Waals surface area contributed by atoms with E-state index in [0.29, 0.717) is 40.3 Å². The van der Waals surface area contributed by atoms with Crippen LogP contribution in [-0.4, -0.2) is 43.4 Å². The van der Waals surface area contributed by atoms with Gasteiger partial charge in [0.05, 0.1) is 12.2 Å². The topological polar surface area (TPSA) is 75.7 Å². The largest absolute Gasteiger partial charge is 0.462 e. The first-order valence-electron chi connectivity index (χ1n) is 9.32. The molecule has 1 aliphatic carbocycles. The monoisotopic (exact) mass is 438 g/mol. The molecule has 0 atom stereocenters. The standard InChI is InChI=1S/C21H24Cl2N2O4/c1-4-29-21(28)17(12-22)16-11-13(9-10-18(16)23)24-19(26)14-7-5-6-8-15(14)20(27)25(2)3/h9-12H,4-8H2,1-3H3,(H,24,26). The maximum atomic E-state index is 12.9. The van der Waals surface area contributed by atoms with Crippen molar-refractivity contribution in [2.45, 2.75) is 32.6 Å². The quantitative estimate of drug-likeness (QED) is 0.527. The predicted octanol–water partition coefficient (Wildman–Crippen LogP) is 4.38. The predicted molar refractivity (Wildman–Crippen MR) is 115 cm³/mol. The number of esters is 1. The Bertz CT molecular complexity index is 875. The van der Waals surface area contributed by atoms with Crippen LogP contribution in [0.15, 0.2) is 34.9 Å². The summed E-state index contributed by atoms with van der Waals surface area (Å²) in [6.07, 6.45) is 2.84. The first kappa shape index (κ1) is 23.0. The van der Waals surface area contributed by atoms with Gasteiger partial charge in [-0.25, -0.2) is 4.79 Å². The third-order valence-electron chi connectivity index (χ3n) is 4.53. The molecule has 0 saturated carbocycles. The Labute approximate surface area is 180 Å². The molecule has 2 amide bonds. The summed E-state index contributed by atoms with van der Waals surface area (Å²) in [5.41, 5.74) is 3.01. The lowest BCUT2D eigenvalue weighted by atomic mass is 9.90. The van der Waals surface area contributed by atoms with Crippen molar-refractivity contribution in [3.63, 3.8) is 0 Å². The minimum atomic E-state index is -0.610. The number of carbonyl (C=O) groups excluding carboxylic acids is 3. The van der Waals surface area contributed by atoms with Gasteiger partial charge in [0.1, 0.15) is 0 Å². The normalized spacial score (nSPS) is 14.4. The maximum absolute atomic E-state index is 12.9. The lowest BCUT2D eigenvalue weighted by Crippen LogP contribution is -2.28. The van der Waals surface area contributed by atoms with Crippen LogP contribution in [-0.2, 0) is 19.1 Å². The van der Waals surface area contributed by atoms with Crippen molar-refractivity contribution >= 4 is 52.2 Å². The first-order valence-corrected chi connectivity index (χ1v) is 10.1. The summed E-state index contributed by atoms with van der Waals surface area (Å²) in [4.78, 5) is 38.9. The van der Waals surface area contributed by atoms with E-state index in [9.17, 15) is 14.4 Å². The summed E-state index contributed by atoms with van der Waals surface area (Å²) in [7, 11) is 3.33. The van der Waals surface area contributed by atoms with Crippen LogP contribution in [0.1, 0.15) is 38.2 Å². The number of nitrogens with one attached hydrogen (secondary N) is 1. The van der Waals surface area contributed by atoms with Crippen molar-refractivity contribution in [2.24, 2.45) is 0 Å². The second-order valence-electron chi connectivity index (χ2n) is 6.76. The number of rotatable bonds is 6. The van der Waals surface area contributed by atoms with Gasteiger partial charge >= 0.3 is 5.97 Å². The number of hydrogen-bond donors (Lipinski definition) is 1. The molecule has 1 aliphatic rings. The molecule has 0 unspecified atom stereocenters. The van der Waals surface area contributed by atoms with E-state index in [1.54, 1.807) is 39.2 Å². The van der Waals surface area contributed by atoms with Gasteiger partial charge in [-0.1, -0.05) is 23.2 Å². The van der Waals surface area contributed by atoms with Crippen LogP contribution in [0.2, 0.25) is 5.02 Å². The molecule has 0 saturated heterocycles. The number of carbonyl (C=O) groups is 3. The molecule has 29 heavy (non-hydrogen) atoms. The summed E-state index contributed by atoms with van der Waals surface area (Å²) in [5.74, 6) is -1.10. The highest BCUT2D eigenvalue weighted by molar-refractivity contribution is 6.38. The Morgan fingerprint density at radius 3 is 2.41 bits per heavy atom. The average Bonchev–Trinajstić information content (AvgIpc) is 2.70. The highest BCUT2D eigenvalue weighted by Crippen LogP contribution is 2.30. The summed E-state index contributed by atoms with van der Waals surface area (Å²) < 4.78 is 5.00. The molecule has 0 bridgehead atoms. The summed E-state index contributed by atoms with van der Waals surface area (Å²) >= 11 is 12.0. The summed E-state index contributed by atoms with van der Waals surface area (Å²) in [5, 5.41) is 3.10. The first-order chi connectivity index (χ1) is 13.8. The number of benzene rings is 1. The molecule has 8 heteroatoms. The highest BCUT2D eigenvalue weighted by Gasteiger charge is 2.25. The van der Waals surface area contributed by atoms with Crippen molar-refractivity contribution < 1.29 is 19.1 Å². The zero-order chi connectivity index (χ0) is 21.6. The molecule has 2 rings (SSSR count). The van der Waals surface area contributed by atoms with Gasteiger partial charge in [0.25, 0.3) is 5.91 Å². The van der Waals surface area contributed by atoms with Gasteiger partial charge in [0.2, 0.25) is 5.91 Å². The second-order valence-corrected chi connectivity index (χ2v) is 7.38. The molecule has 0 aliphatic heterocycles. The number of ether oxygens (including phenoxy) is 1. The Kier molecular flexibility index (Phi) is 8.29. The van der Waals surface area contributed by atoms with Crippen molar-refractivity contribution in [2.75, 3.05) is 26.0 Å². The minimum Gasteiger partial charge on any atom is -0.462 e. The van der Waals surface area contributed by atoms with E-state index in [1.165, 1.54) is 4.90 Å². The van der Waals surface area contributed by atoms with Crippen LogP contribution in [0.4, 0.5) is 5.69 Å². The van der Waals surface area contributed by atoms with Gasteiger partial charge in [-0.2, -0.15) is 0 Å². The molecule has 1 aromatic carbocycles. The fourth-order valence-electron chi connectivity index (χ4n) is 3.10. The fourth-order valence-corrected chi connectivity index (χ4v) is 3.53. The maximum Gasteiger partial charge on any atom is 0.339 e. The van der Waals surface area contributed by atoms with Crippen molar-refractivity contribution in [1.29, 1.82) is 0 Å². The van der Waals surface area contributed by atoms with Gasteiger partial charge in [-0.15, -0.1) is 0 Å². The zero-order valence-electron chi connectivity index (χ0n) is 16.7. The van der Waals surface area contributed by atoms with E-state index in [0.717, 1.165) is 18.4 Å². The zero-order valence-corrected chi connectivity index (χ0v) is 18.2. The molecule has 6 nitrogen and oxygen atoms in total. The molecule has 0 heterocycles. The van der Waals surface area contributed by atoms with Crippen LogP contribution >= 0.6 is 23.2 Å². The number of anilines is 1. The fraction of sp³-hybridized carbons (Fsp3) is 0.381. The summed E-state index contributed by atoms with van der Waals surface area (Å²) in [6.45, 7) is 1.88. The third kappa shape index (κ3) is 5.61. The van der Waals surface area contributed by atoms with Crippen LogP contribution in [0.25, 0.3) is 5.57 Å². The van der Waals surface area contributed by atoms with Crippen LogP contribution in [0.3, 0.4) is 0 Å². The van der Waals surface area contributed by atoms with Crippen molar-refractivity contribution in [3.8, 4) is 0 Å². The SMILES string of the molecule is CCOC(=O)C(=CCl)c1cc(NC(=O)C2=C(C(=O)N(C)C)CCCC2)ccc1Cl. The molecule has 156 valence electrons. The third-order valence-corrected chi connectivity index (χ3v) is 5.07. The van der Waals surface area contributed by atoms with Gasteiger partial charge in [0.15, 0.2) is 0 Å². The Hall–Kier alpha value is -2.31. The van der Waals surface area contributed by atoms with E-state index in [-0.39, 0.29) is 24.0 Å². The van der Waals surface area contributed by atoms with E-state index in [2.05, 4.69) is 5.32 Å². The molecular weight excluding hydrogens is 415 g/mol. The van der Waals surface area contributed by atoms with Gasteiger partial charge in [-0.05, 0) is 50.8 Å². The minimum absolute atomic E-state index is 0.0926. The summed E-state index contributed by atoms with van der Waals surface area (Å²) in [6, 6.07) is 4.74. The van der Waals surface area contributed by atoms with Crippen molar-refractivity contribution in [3.05, 3.63) is 45.5 Å². The molecule has 0 fully saturated rings. The number of hydrogen-bond acceptors (Lipinski definition) is 4. The second kappa shape index (κ2) is 10.5. The van der Waals surface area contributed by atoms with E-state index < -0.39 is 5.97 Å². The highest BCUT2D eigenvalue weighted by atomic mass is 35.5. The molecule has 0 radical (unpaired) electrons. The van der Waals surface area contributed by atoms with E-state index >= 15 is 0 Å². The number of likely N-dealkylation sites (N-methyl/N-ethyl adjacent to an activating group) is 1. The molecule has 0 spiro atoms. The van der Waals surface area contributed by atoms with Crippen LogP contribution < -0.4 is 5.32 Å². The van der Waals surface area contributed by atoms with Gasteiger partial charge in [-0.3, -0.25) is 9.59 Å². The Morgan fingerprint density at radius 1 is 1.17 bits per heavy atom. The Balaban J connectivity index is 2.33. The molecule has 1 N–H and O–H groups in total. The number of nitrogens with zero attached hydrogens (tertiary/aromatic N) is 1. The van der Waals surface area contributed by atoms with Gasteiger partial charge in [0, 0.05) is 47.1 Å². The van der Waals surface area contributed by atoms with Crippen LogP contribution in [0.5, 0.6) is 0 Å². The Morgan fingerprint density at radius 2 is 1.83 bits per heavy atom. The molecule has 1 aromatic rings. The lowest BCUT2D eigenvalue weighted by Gasteiger charge is -2.22. The van der Waals surface area contributed by atoms with Crippen LogP contribution in [0, 0.1) is 0 Å². The van der Waals surface area contributed by atoms with Crippen molar-refractivity contribution in [1.82, 2.24) is 4.90 Å². The van der Waals surface area contributed by atoms with E-state index in [1.807, 2.05) is 0 Å². The smallest absolute Gasteiger partial charge is 0.339 e.